The van der Waals surface area contributed by atoms with Crippen LogP contribution in [0.5, 0.6) is 0 Å². The maximum Gasteiger partial charge on any atom is 0.296 e. The Morgan fingerprint density at radius 2 is 1.86 bits per heavy atom. The molecule has 1 aliphatic rings. The highest BCUT2D eigenvalue weighted by atomic mass is 16.5. The van der Waals surface area contributed by atoms with Gasteiger partial charge in [-0.1, -0.05) is 48.5 Å². The Morgan fingerprint density at radius 1 is 1.07 bits per heavy atom. The quantitative estimate of drug-likeness (QED) is 0.521. The minimum atomic E-state index is -0.630. The minimum absolute atomic E-state index is 0.0567. The molecule has 6 nitrogen and oxygen atoms in total. The van der Waals surface area contributed by atoms with Gasteiger partial charge in [-0.25, -0.2) is 0 Å². The second-order valence-corrected chi connectivity index (χ2v) is 7.14. The Hall–Kier alpha value is -3.67. The van der Waals surface area contributed by atoms with Crippen LogP contribution in [0.1, 0.15) is 46.0 Å². The number of carbonyl (C=O) groups is 1. The fourth-order valence-corrected chi connectivity index (χ4v) is 3.89. The number of benzene rings is 2. The summed E-state index contributed by atoms with van der Waals surface area (Å²) in [5.41, 5.74) is 2.39. The number of hydrogen-bond donors (Lipinski definition) is 0. The van der Waals surface area contributed by atoms with Crippen molar-refractivity contribution in [3.63, 3.8) is 0 Å². The Kier molecular flexibility index (Phi) is 3.87. The van der Waals surface area contributed by atoms with Crippen LogP contribution in [0.4, 0.5) is 5.82 Å². The summed E-state index contributed by atoms with van der Waals surface area (Å²) in [6.07, 6.45) is 0.803. The first-order valence-electron chi connectivity index (χ1n) is 9.50. The smallest absolute Gasteiger partial charge is 0.296 e. The van der Waals surface area contributed by atoms with Crippen molar-refractivity contribution in [2.24, 2.45) is 0 Å². The number of carbonyl (C=O) groups excluding carboxylic acids is 1. The number of rotatable bonds is 3. The number of nitrogens with zero attached hydrogens (tertiary/aromatic N) is 2. The number of hydrogen-bond acceptors (Lipinski definition) is 5. The lowest BCUT2D eigenvalue weighted by Gasteiger charge is -2.22. The molecule has 0 aliphatic carbocycles. The highest BCUT2D eigenvalue weighted by molar-refractivity contribution is 6.10. The van der Waals surface area contributed by atoms with Gasteiger partial charge in [-0.2, -0.15) is 0 Å². The summed E-state index contributed by atoms with van der Waals surface area (Å²) in [4.78, 5) is 28.3. The molecular formula is C23H18N2O4. The Morgan fingerprint density at radius 3 is 2.55 bits per heavy atom. The van der Waals surface area contributed by atoms with E-state index in [1.165, 1.54) is 4.90 Å². The van der Waals surface area contributed by atoms with E-state index < -0.39 is 11.9 Å². The lowest BCUT2D eigenvalue weighted by atomic mass is 9.98. The third kappa shape index (κ3) is 2.60. The van der Waals surface area contributed by atoms with Crippen molar-refractivity contribution in [2.45, 2.75) is 26.3 Å². The average Bonchev–Trinajstić information content (AvgIpc) is 3.30. The van der Waals surface area contributed by atoms with Crippen LogP contribution in [0, 0.1) is 6.92 Å². The summed E-state index contributed by atoms with van der Waals surface area (Å²) in [7, 11) is 0. The van der Waals surface area contributed by atoms with Crippen LogP contribution in [0.2, 0.25) is 0 Å². The summed E-state index contributed by atoms with van der Waals surface area (Å²) < 4.78 is 11.2. The fourth-order valence-electron chi connectivity index (χ4n) is 3.89. The van der Waals surface area contributed by atoms with Crippen molar-refractivity contribution in [2.75, 3.05) is 4.90 Å². The molecular weight excluding hydrogens is 368 g/mol. The topological polar surface area (TPSA) is 76.6 Å². The standard InChI is InChI=1S/C23H18N2O4/c1-3-14-9-10-17-16(12-14)21(26)19-20(15-7-5-4-6-8-15)25(23(27)22(19)28-17)18-11-13(2)29-24-18/h4-12,20H,3H2,1-2H3/t20-/m0/s1. The molecule has 0 bridgehead atoms. The largest absolute Gasteiger partial charge is 0.450 e. The van der Waals surface area contributed by atoms with Crippen LogP contribution in [0.25, 0.3) is 11.0 Å². The van der Waals surface area contributed by atoms with E-state index in [2.05, 4.69) is 5.16 Å². The van der Waals surface area contributed by atoms with Gasteiger partial charge in [0.15, 0.2) is 11.2 Å². The van der Waals surface area contributed by atoms with Gasteiger partial charge in [0, 0.05) is 6.07 Å². The summed E-state index contributed by atoms with van der Waals surface area (Å²) in [6.45, 7) is 3.78. The molecule has 3 heterocycles. The summed E-state index contributed by atoms with van der Waals surface area (Å²) in [5, 5.41) is 4.50. The van der Waals surface area contributed by atoms with Crippen molar-refractivity contribution in [3.05, 3.63) is 93.0 Å². The van der Waals surface area contributed by atoms with Crippen molar-refractivity contribution in [1.29, 1.82) is 0 Å². The second-order valence-electron chi connectivity index (χ2n) is 7.14. The van der Waals surface area contributed by atoms with E-state index in [1.807, 2.05) is 49.4 Å². The zero-order valence-corrected chi connectivity index (χ0v) is 16.0. The molecule has 2 aromatic carbocycles. The van der Waals surface area contributed by atoms with Gasteiger partial charge in [-0.05, 0) is 36.6 Å². The molecule has 0 saturated heterocycles. The molecule has 5 rings (SSSR count). The molecule has 0 unspecified atom stereocenters. The predicted octanol–water partition coefficient (Wildman–Crippen LogP) is 4.40. The van der Waals surface area contributed by atoms with Crippen molar-refractivity contribution in [3.8, 4) is 0 Å². The number of aromatic nitrogens is 1. The normalized spacial score (nSPS) is 15.9. The molecule has 1 amide bonds. The van der Waals surface area contributed by atoms with E-state index in [0.29, 0.717) is 28.1 Å². The van der Waals surface area contributed by atoms with Gasteiger partial charge in [0.1, 0.15) is 11.3 Å². The van der Waals surface area contributed by atoms with Crippen LogP contribution >= 0.6 is 0 Å². The highest BCUT2D eigenvalue weighted by Crippen LogP contribution is 2.40. The minimum Gasteiger partial charge on any atom is -0.450 e. The molecule has 0 radical (unpaired) electrons. The van der Waals surface area contributed by atoms with Crippen molar-refractivity contribution in [1.82, 2.24) is 5.16 Å². The first-order valence-corrected chi connectivity index (χ1v) is 9.50. The zero-order chi connectivity index (χ0) is 20.1. The molecule has 1 aliphatic heterocycles. The Balaban J connectivity index is 1.82. The van der Waals surface area contributed by atoms with Crippen molar-refractivity contribution < 1.29 is 13.7 Å². The maximum atomic E-state index is 13.5. The molecule has 4 aromatic rings. The van der Waals surface area contributed by atoms with Gasteiger partial charge >= 0.3 is 0 Å². The second kappa shape index (κ2) is 6.44. The van der Waals surface area contributed by atoms with Crippen molar-refractivity contribution >= 4 is 22.7 Å². The van der Waals surface area contributed by atoms with Gasteiger partial charge in [-0.3, -0.25) is 14.5 Å². The molecule has 2 aromatic heterocycles. The average molecular weight is 386 g/mol. The summed E-state index contributed by atoms with van der Waals surface area (Å²) >= 11 is 0. The van der Waals surface area contributed by atoms with Crippen LogP contribution in [-0.2, 0) is 6.42 Å². The molecule has 6 heteroatoms. The van der Waals surface area contributed by atoms with Gasteiger partial charge in [0.05, 0.1) is 17.0 Å². The predicted molar refractivity (Wildman–Crippen MR) is 108 cm³/mol. The van der Waals surface area contributed by atoms with Gasteiger partial charge in [0.25, 0.3) is 5.91 Å². The molecule has 1 atom stereocenters. The zero-order valence-electron chi connectivity index (χ0n) is 16.0. The van der Waals surface area contributed by atoms with E-state index >= 15 is 0 Å². The van der Waals surface area contributed by atoms with Crippen LogP contribution in [0.3, 0.4) is 0 Å². The third-order valence-corrected chi connectivity index (χ3v) is 5.32. The number of anilines is 1. The Bertz CT molecular complexity index is 1300. The lowest BCUT2D eigenvalue weighted by molar-refractivity contribution is 0.0969. The monoisotopic (exact) mass is 386 g/mol. The fraction of sp³-hybridized carbons (Fsp3) is 0.174. The molecule has 0 saturated carbocycles. The van der Waals surface area contributed by atoms with E-state index in [0.717, 1.165) is 17.5 Å². The van der Waals surface area contributed by atoms with E-state index in [9.17, 15) is 9.59 Å². The van der Waals surface area contributed by atoms with Gasteiger partial charge < -0.3 is 8.94 Å². The van der Waals surface area contributed by atoms with Crippen LogP contribution < -0.4 is 10.3 Å². The molecule has 144 valence electrons. The third-order valence-electron chi connectivity index (χ3n) is 5.32. The molecule has 0 N–H and O–H groups in total. The SMILES string of the molecule is CCc1ccc2oc3c(c(=O)c2c1)[C@H](c1ccccc1)N(c1cc(C)on1)C3=O. The Labute approximate surface area is 166 Å². The maximum absolute atomic E-state index is 13.5. The lowest BCUT2D eigenvalue weighted by Crippen LogP contribution is -2.29. The number of aryl methyl sites for hydroxylation is 2. The van der Waals surface area contributed by atoms with Crippen LogP contribution in [-0.4, -0.2) is 11.1 Å². The first kappa shape index (κ1) is 17.4. The van der Waals surface area contributed by atoms with Gasteiger partial charge in [0.2, 0.25) is 5.76 Å². The highest BCUT2D eigenvalue weighted by Gasteiger charge is 2.44. The molecule has 29 heavy (non-hydrogen) atoms. The number of amides is 1. The molecule has 0 spiro atoms. The van der Waals surface area contributed by atoms with E-state index in [1.54, 1.807) is 19.1 Å². The van der Waals surface area contributed by atoms with Crippen LogP contribution in [0.15, 0.2) is 68.3 Å². The van der Waals surface area contributed by atoms with E-state index in [-0.39, 0.29) is 11.2 Å². The number of fused-ring (bicyclic) bond motifs is 2. The molecule has 0 fully saturated rings. The summed E-state index contributed by atoms with van der Waals surface area (Å²) in [6, 6.07) is 16.0. The summed E-state index contributed by atoms with van der Waals surface area (Å²) in [5.74, 6) is 0.583. The van der Waals surface area contributed by atoms with E-state index in [4.69, 9.17) is 8.94 Å². The first-order chi connectivity index (χ1) is 14.1. The van der Waals surface area contributed by atoms with Gasteiger partial charge in [-0.15, -0.1) is 0 Å².